The van der Waals surface area contributed by atoms with Crippen molar-refractivity contribution in [2.75, 3.05) is 5.32 Å². The van der Waals surface area contributed by atoms with Gasteiger partial charge in [0.05, 0.1) is 17.1 Å². The Bertz CT molecular complexity index is 1500. The van der Waals surface area contributed by atoms with Gasteiger partial charge in [-0.1, -0.05) is 62.2 Å². The fourth-order valence-electron chi connectivity index (χ4n) is 5.49. The average Bonchev–Trinajstić information content (AvgIpc) is 3.19. The van der Waals surface area contributed by atoms with Crippen LogP contribution in [0.5, 0.6) is 0 Å². The smallest absolute Gasteiger partial charge is 0.248 e. The number of amides is 2. The highest BCUT2D eigenvalue weighted by Crippen LogP contribution is 2.52. The standard InChI is InChI=1S/C30H28Cl2F2N4O2/c1-29(2,3)14-23-30(15-35,20-12-9-17(31)13-22(20)33)24(19-5-4-6-21(32)25(19)34)26(38-23)28(40)37-18-10-7-16(8-11-18)27(36)39/h4-13,23-24,26,38H,14H2,1-3H3,(H2,36,39)(H,37,40)/t23?,24?,26-,30+/m1/s1. The molecule has 4 N–H and O–H groups in total. The van der Waals surface area contributed by atoms with E-state index in [0.717, 1.165) is 6.07 Å². The summed E-state index contributed by atoms with van der Waals surface area (Å²) >= 11 is 12.2. The van der Waals surface area contributed by atoms with E-state index in [1.807, 2.05) is 20.8 Å². The van der Waals surface area contributed by atoms with E-state index in [9.17, 15) is 14.9 Å². The molecule has 1 aliphatic heterocycles. The quantitative estimate of drug-likeness (QED) is 0.314. The highest BCUT2D eigenvalue weighted by Gasteiger charge is 2.61. The van der Waals surface area contributed by atoms with Crippen LogP contribution in [-0.2, 0) is 10.2 Å². The number of anilines is 1. The summed E-state index contributed by atoms with van der Waals surface area (Å²) in [6, 6.07) is 14.6. The number of nitriles is 1. The molecule has 0 spiro atoms. The van der Waals surface area contributed by atoms with Gasteiger partial charge in [-0.3, -0.25) is 9.59 Å². The van der Waals surface area contributed by atoms with E-state index >= 15 is 8.78 Å². The predicted molar refractivity (Wildman–Crippen MR) is 151 cm³/mol. The van der Waals surface area contributed by atoms with E-state index in [0.29, 0.717) is 12.1 Å². The number of nitrogens with one attached hydrogen (secondary N) is 2. The Morgan fingerprint density at radius 2 is 1.77 bits per heavy atom. The maximum Gasteiger partial charge on any atom is 0.248 e. The number of rotatable bonds is 6. The lowest BCUT2D eigenvalue weighted by Crippen LogP contribution is -2.45. The monoisotopic (exact) mass is 584 g/mol. The Labute approximate surface area is 241 Å². The van der Waals surface area contributed by atoms with Gasteiger partial charge >= 0.3 is 0 Å². The molecule has 6 nitrogen and oxygen atoms in total. The zero-order valence-corrected chi connectivity index (χ0v) is 23.6. The van der Waals surface area contributed by atoms with E-state index < -0.39 is 46.9 Å². The van der Waals surface area contributed by atoms with Gasteiger partial charge in [0, 0.05) is 33.8 Å². The lowest BCUT2D eigenvalue weighted by molar-refractivity contribution is -0.118. The number of halogens is 4. The number of nitrogens with zero attached hydrogens (tertiary/aromatic N) is 1. The van der Waals surface area contributed by atoms with Crippen molar-refractivity contribution >= 4 is 40.7 Å². The van der Waals surface area contributed by atoms with Crippen molar-refractivity contribution in [3.63, 3.8) is 0 Å². The maximum atomic E-state index is 15.7. The minimum Gasteiger partial charge on any atom is -0.366 e. The summed E-state index contributed by atoms with van der Waals surface area (Å²) in [5, 5.41) is 16.8. The highest BCUT2D eigenvalue weighted by atomic mass is 35.5. The molecule has 1 saturated heterocycles. The second-order valence-corrected chi connectivity index (χ2v) is 12.0. The summed E-state index contributed by atoms with van der Waals surface area (Å²) in [5.74, 6) is -3.94. The topological polar surface area (TPSA) is 108 Å². The Balaban J connectivity index is 1.92. The van der Waals surface area contributed by atoms with Crippen molar-refractivity contribution in [3.8, 4) is 6.07 Å². The molecule has 40 heavy (non-hydrogen) atoms. The summed E-state index contributed by atoms with van der Waals surface area (Å²) in [5.41, 5.74) is 3.80. The summed E-state index contributed by atoms with van der Waals surface area (Å²) in [6.45, 7) is 5.87. The molecule has 4 atom stereocenters. The van der Waals surface area contributed by atoms with Gasteiger partial charge < -0.3 is 16.4 Å². The molecule has 0 aliphatic carbocycles. The van der Waals surface area contributed by atoms with E-state index in [4.69, 9.17) is 28.9 Å². The van der Waals surface area contributed by atoms with E-state index in [1.54, 1.807) is 0 Å². The minimum absolute atomic E-state index is 0.00321. The van der Waals surface area contributed by atoms with Gasteiger partial charge in [-0.15, -0.1) is 0 Å². The minimum atomic E-state index is -1.73. The largest absolute Gasteiger partial charge is 0.366 e. The number of hydrogen-bond donors (Lipinski definition) is 3. The Kier molecular flexibility index (Phi) is 8.23. The molecule has 0 saturated carbocycles. The summed E-state index contributed by atoms with van der Waals surface area (Å²) in [6.07, 6.45) is 0.346. The maximum absolute atomic E-state index is 15.7. The molecule has 208 valence electrons. The van der Waals surface area contributed by atoms with Crippen LogP contribution < -0.4 is 16.4 Å². The first kappa shape index (κ1) is 29.5. The molecule has 10 heteroatoms. The summed E-state index contributed by atoms with van der Waals surface area (Å²) in [7, 11) is 0. The zero-order valence-electron chi connectivity index (χ0n) is 22.1. The van der Waals surface area contributed by atoms with Crippen molar-refractivity contribution in [3.05, 3.63) is 99.0 Å². The fraction of sp³-hybridized carbons (Fsp3) is 0.300. The van der Waals surface area contributed by atoms with Gasteiger partial charge in [-0.2, -0.15) is 5.26 Å². The molecular formula is C30H28Cl2F2N4O2. The van der Waals surface area contributed by atoms with Crippen molar-refractivity contribution in [2.45, 2.75) is 50.6 Å². The van der Waals surface area contributed by atoms with Gasteiger partial charge in [0.25, 0.3) is 0 Å². The van der Waals surface area contributed by atoms with Crippen LogP contribution in [0.1, 0.15) is 54.6 Å². The van der Waals surface area contributed by atoms with E-state index in [1.165, 1.54) is 54.6 Å². The van der Waals surface area contributed by atoms with Crippen LogP contribution in [0.15, 0.2) is 60.7 Å². The second-order valence-electron chi connectivity index (χ2n) is 11.1. The highest BCUT2D eigenvalue weighted by molar-refractivity contribution is 6.31. The lowest BCUT2D eigenvalue weighted by Gasteiger charge is -2.37. The normalized spacial score (nSPS) is 22.5. The number of carbonyl (C=O) groups excluding carboxylic acids is 2. The van der Waals surface area contributed by atoms with E-state index in [2.05, 4.69) is 16.7 Å². The third-order valence-corrected chi connectivity index (χ3v) is 7.70. The molecule has 3 aromatic rings. The Hall–Kier alpha value is -3.51. The van der Waals surface area contributed by atoms with Gasteiger partial charge in [-0.25, -0.2) is 8.78 Å². The lowest BCUT2D eigenvalue weighted by atomic mass is 9.62. The van der Waals surface area contributed by atoms with Crippen LogP contribution in [0.3, 0.4) is 0 Å². The number of hydrogen-bond acceptors (Lipinski definition) is 4. The molecule has 0 radical (unpaired) electrons. The van der Waals surface area contributed by atoms with Gasteiger partial charge in [0.15, 0.2) is 0 Å². The Morgan fingerprint density at radius 1 is 1.10 bits per heavy atom. The molecule has 4 rings (SSSR count). The van der Waals surface area contributed by atoms with Gasteiger partial charge in [0.1, 0.15) is 17.0 Å². The van der Waals surface area contributed by atoms with Crippen molar-refractivity contribution in [2.24, 2.45) is 11.1 Å². The molecule has 1 heterocycles. The Morgan fingerprint density at radius 3 is 2.35 bits per heavy atom. The van der Waals surface area contributed by atoms with Crippen molar-refractivity contribution in [1.82, 2.24) is 5.32 Å². The first-order valence-electron chi connectivity index (χ1n) is 12.6. The van der Waals surface area contributed by atoms with Crippen molar-refractivity contribution < 1.29 is 18.4 Å². The second kappa shape index (κ2) is 11.2. The molecule has 1 fully saturated rings. The van der Waals surface area contributed by atoms with E-state index in [-0.39, 0.29) is 32.2 Å². The van der Waals surface area contributed by atoms with Gasteiger partial charge in [-0.05, 0) is 59.9 Å². The summed E-state index contributed by atoms with van der Waals surface area (Å²) < 4.78 is 31.4. The molecular weight excluding hydrogens is 557 g/mol. The van der Waals surface area contributed by atoms with Crippen LogP contribution in [-0.4, -0.2) is 23.9 Å². The zero-order chi connectivity index (χ0) is 29.4. The molecule has 1 aliphatic rings. The average molecular weight is 585 g/mol. The number of nitrogens with two attached hydrogens (primary N) is 1. The van der Waals surface area contributed by atoms with Gasteiger partial charge in [0.2, 0.25) is 11.8 Å². The van der Waals surface area contributed by atoms with Crippen molar-refractivity contribution in [1.29, 1.82) is 5.26 Å². The fourth-order valence-corrected chi connectivity index (χ4v) is 5.84. The molecule has 2 amide bonds. The summed E-state index contributed by atoms with van der Waals surface area (Å²) in [4.78, 5) is 25.3. The first-order chi connectivity index (χ1) is 18.8. The van der Waals surface area contributed by atoms with Crippen LogP contribution in [0.2, 0.25) is 10.0 Å². The number of primary amides is 1. The first-order valence-corrected chi connectivity index (χ1v) is 13.3. The number of benzene rings is 3. The predicted octanol–water partition coefficient (Wildman–Crippen LogP) is 6.33. The van der Waals surface area contributed by atoms with Crippen LogP contribution in [0.25, 0.3) is 0 Å². The third kappa shape index (κ3) is 5.55. The van der Waals surface area contributed by atoms with Crippen LogP contribution in [0.4, 0.5) is 14.5 Å². The molecule has 0 aromatic heterocycles. The molecule has 2 unspecified atom stereocenters. The van der Waals surface area contributed by atoms with Crippen LogP contribution >= 0.6 is 23.2 Å². The third-order valence-electron chi connectivity index (χ3n) is 7.17. The number of carbonyl (C=O) groups is 2. The molecule has 0 bridgehead atoms. The SMILES string of the molecule is CC(C)(C)CC1N[C@@H](C(=O)Nc2ccc(C(N)=O)cc2)C(c2cccc(Cl)c2F)[C@@]1(C#N)c1ccc(Cl)cc1F. The molecule has 3 aromatic carbocycles. The van der Waals surface area contributed by atoms with Crippen LogP contribution in [0, 0.1) is 28.4 Å².